The molecule has 0 aliphatic heterocycles. The Morgan fingerprint density at radius 3 is 2.60 bits per heavy atom. The highest BCUT2D eigenvalue weighted by atomic mass is 35.5. The maximum atomic E-state index is 12.7. The lowest BCUT2D eigenvalue weighted by Crippen LogP contribution is -2.30. The zero-order chi connectivity index (χ0) is 21.9. The van der Waals surface area contributed by atoms with E-state index in [4.69, 9.17) is 11.6 Å². The first-order chi connectivity index (χ1) is 14.3. The van der Waals surface area contributed by atoms with Crippen molar-refractivity contribution in [3.8, 4) is 0 Å². The monoisotopic (exact) mass is 449 g/mol. The number of rotatable bonds is 8. The number of sulfonamides is 1. The molecule has 0 aliphatic rings. The van der Waals surface area contributed by atoms with Gasteiger partial charge in [-0.1, -0.05) is 36.7 Å². The summed E-state index contributed by atoms with van der Waals surface area (Å²) in [6, 6.07) is 10.0. The second kappa shape index (κ2) is 9.11. The Bertz CT molecular complexity index is 1170. The molecule has 1 amide bonds. The van der Waals surface area contributed by atoms with E-state index in [0.29, 0.717) is 41.4 Å². The highest BCUT2D eigenvalue weighted by Gasteiger charge is 2.22. The quantitative estimate of drug-likeness (QED) is 0.568. The van der Waals surface area contributed by atoms with E-state index in [0.717, 1.165) is 5.56 Å². The van der Waals surface area contributed by atoms with E-state index in [2.05, 4.69) is 15.6 Å². The first-order valence-electron chi connectivity index (χ1n) is 9.65. The van der Waals surface area contributed by atoms with Crippen LogP contribution in [0.1, 0.15) is 25.8 Å². The number of carbonyl (C=O) groups excluding carboxylic acids is 1. The van der Waals surface area contributed by atoms with Crippen LogP contribution in [0.15, 0.2) is 41.3 Å². The molecule has 1 N–H and O–H groups in total. The maximum Gasteiger partial charge on any atom is 0.243 e. The molecule has 0 fully saturated rings. The van der Waals surface area contributed by atoms with Gasteiger partial charge in [-0.05, 0) is 42.8 Å². The van der Waals surface area contributed by atoms with Gasteiger partial charge in [-0.15, -0.1) is 5.10 Å². The number of hydrogen-bond donors (Lipinski definition) is 1. The molecule has 10 heteroatoms. The molecule has 2 aromatic carbocycles. The molecule has 1 aromatic heterocycles. The molecule has 3 rings (SSSR count). The van der Waals surface area contributed by atoms with Crippen molar-refractivity contribution in [3.05, 3.63) is 47.0 Å². The van der Waals surface area contributed by atoms with Crippen molar-refractivity contribution < 1.29 is 13.2 Å². The third-order valence-corrected chi connectivity index (χ3v) is 7.13. The third-order valence-electron chi connectivity index (χ3n) is 4.85. The minimum atomic E-state index is -3.57. The molecule has 0 unspecified atom stereocenters. The van der Waals surface area contributed by atoms with Crippen molar-refractivity contribution in [1.29, 1.82) is 0 Å². The van der Waals surface area contributed by atoms with Crippen LogP contribution >= 0.6 is 11.6 Å². The SMILES string of the molecule is CCN(CC)S(=O)(=O)c1ccc2c(c1)nnn2CCC(=O)Nc1cc(Cl)ccc1C. The van der Waals surface area contributed by atoms with Gasteiger partial charge in [-0.2, -0.15) is 4.31 Å². The van der Waals surface area contributed by atoms with Crippen molar-refractivity contribution in [1.82, 2.24) is 19.3 Å². The van der Waals surface area contributed by atoms with Crippen molar-refractivity contribution in [3.63, 3.8) is 0 Å². The number of anilines is 1. The van der Waals surface area contributed by atoms with Crippen LogP contribution in [0.25, 0.3) is 11.0 Å². The largest absolute Gasteiger partial charge is 0.326 e. The Morgan fingerprint density at radius 2 is 1.90 bits per heavy atom. The first kappa shape index (κ1) is 22.2. The molecule has 3 aromatic rings. The lowest BCUT2D eigenvalue weighted by molar-refractivity contribution is -0.116. The lowest BCUT2D eigenvalue weighted by atomic mass is 10.2. The predicted molar refractivity (Wildman–Crippen MR) is 117 cm³/mol. The van der Waals surface area contributed by atoms with Gasteiger partial charge in [0.05, 0.1) is 17.0 Å². The Kier molecular flexibility index (Phi) is 6.74. The van der Waals surface area contributed by atoms with E-state index < -0.39 is 10.0 Å². The van der Waals surface area contributed by atoms with Crippen molar-refractivity contribution >= 4 is 44.3 Å². The zero-order valence-electron chi connectivity index (χ0n) is 17.1. The van der Waals surface area contributed by atoms with Gasteiger partial charge in [0.1, 0.15) is 5.52 Å². The number of benzene rings is 2. The minimum Gasteiger partial charge on any atom is -0.326 e. The van der Waals surface area contributed by atoms with Crippen LogP contribution in [0.5, 0.6) is 0 Å². The minimum absolute atomic E-state index is 0.176. The first-order valence-corrected chi connectivity index (χ1v) is 11.5. The van der Waals surface area contributed by atoms with Crippen LogP contribution in [0.4, 0.5) is 5.69 Å². The Morgan fingerprint density at radius 1 is 1.17 bits per heavy atom. The highest BCUT2D eigenvalue weighted by molar-refractivity contribution is 7.89. The fraction of sp³-hybridized carbons (Fsp3) is 0.350. The number of fused-ring (bicyclic) bond motifs is 1. The van der Waals surface area contributed by atoms with Crippen LogP contribution in [0.2, 0.25) is 5.02 Å². The zero-order valence-corrected chi connectivity index (χ0v) is 18.7. The summed E-state index contributed by atoms with van der Waals surface area (Å²) in [7, 11) is -3.57. The van der Waals surface area contributed by atoms with E-state index in [1.165, 1.54) is 10.4 Å². The molecular weight excluding hydrogens is 426 g/mol. The van der Waals surface area contributed by atoms with Crippen LogP contribution in [-0.2, 0) is 21.4 Å². The molecule has 160 valence electrons. The van der Waals surface area contributed by atoms with Gasteiger partial charge in [0, 0.05) is 30.2 Å². The molecule has 0 radical (unpaired) electrons. The molecule has 30 heavy (non-hydrogen) atoms. The van der Waals surface area contributed by atoms with Gasteiger partial charge in [-0.3, -0.25) is 4.79 Å². The molecule has 1 heterocycles. The highest BCUT2D eigenvalue weighted by Crippen LogP contribution is 2.22. The van der Waals surface area contributed by atoms with Crippen LogP contribution in [0, 0.1) is 6.92 Å². The van der Waals surface area contributed by atoms with Gasteiger partial charge < -0.3 is 5.32 Å². The topological polar surface area (TPSA) is 97.2 Å². The summed E-state index contributed by atoms with van der Waals surface area (Å²) in [5.41, 5.74) is 2.72. The van der Waals surface area contributed by atoms with E-state index in [1.54, 1.807) is 42.8 Å². The number of nitrogens with zero attached hydrogens (tertiary/aromatic N) is 4. The van der Waals surface area contributed by atoms with Gasteiger partial charge in [0.2, 0.25) is 15.9 Å². The number of nitrogens with one attached hydrogen (secondary N) is 1. The van der Waals surface area contributed by atoms with Crippen LogP contribution < -0.4 is 5.32 Å². The van der Waals surface area contributed by atoms with E-state index in [1.807, 2.05) is 13.0 Å². The summed E-state index contributed by atoms with van der Waals surface area (Å²) in [6.07, 6.45) is 0.184. The molecule has 0 saturated carbocycles. The Labute approximate surface area is 180 Å². The summed E-state index contributed by atoms with van der Waals surface area (Å²) in [4.78, 5) is 12.5. The number of aromatic nitrogens is 3. The molecule has 0 spiro atoms. The van der Waals surface area contributed by atoms with E-state index in [-0.39, 0.29) is 17.2 Å². The number of halogens is 1. The molecule has 8 nitrogen and oxygen atoms in total. The second-order valence-corrected chi connectivity index (χ2v) is 9.18. The van der Waals surface area contributed by atoms with Gasteiger partial charge in [-0.25, -0.2) is 13.1 Å². The predicted octanol–water partition coefficient (Wildman–Crippen LogP) is 3.45. The second-order valence-electron chi connectivity index (χ2n) is 6.81. The molecule has 0 saturated heterocycles. The molecule has 0 atom stereocenters. The van der Waals surface area contributed by atoms with E-state index in [9.17, 15) is 13.2 Å². The Hall–Kier alpha value is -2.49. The number of carbonyl (C=O) groups is 1. The molecule has 0 aliphatic carbocycles. The van der Waals surface area contributed by atoms with Gasteiger partial charge in [0.25, 0.3) is 0 Å². The Balaban J connectivity index is 1.73. The van der Waals surface area contributed by atoms with Gasteiger partial charge >= 0.3 is 0 Å². The summed E-state index contributed by atoms with van der Waals surface area (Å²) < 4.78 is 28.4. The summed E-state index contributed by atoms with van der Waals surface area (Å²) >= 11 is 5.99. The van der Waals surface area contributed by atoms with Crippen molar-refractivity contribution in [2.75, 3.05) is 18.4 Å². The summed E-state index contributed by atoms with van der Waals surface area (Å²) in [6.45, 7) is 6.58. The maximum absolute atomic E-state index is 12.7. The average molecular weight is 450 g/mol. The lowest BCUT2D eigenvalue weighted by Gasteiger charge is -2.18. The fourth-order valence-electron chi connectivity index (χ4n) is 3.14. The summed E-state index contributed by atoms with van der Waals surface area (Å²) in [5.74, 6) is -0.176. The van der Waals surface area contributed by atoms with Crippen LogP contribution in [0.3, 0.4) is 0 Å². The molecular formula is C20H24ClN5O3S. The summed E-state index contributed by atoms with van der Waals surface area (Å²) in [5, 5.41) is 11.5. The third kappa shape index (κ3) is 4.63. The number of amides is 1. The number of aryl methyl sites for hydroxylation is 2. The standard InChI is InChI=1S/C20H24ClN5O3S/c1-4-25(5-2)30(28,29)16-8-9-19-18(13-16)23-24-26(19)11-10-20(27)22-17-12-15(21)7-6-14(17)3/h6-9,12-13H,4-5,10-11H2,1-3H3,(H,22,27). The van der Waals surface area contributed by atoms with Gasteiger partial charge in [0.15, 0.2) is 0 Å². The smallest absolute Gasteiger partial charge is 0.243 e. The fourth-order valence-corrected chi connectivity index (χ4v) is 4.79. The molecule has 0 bridgehead atoms. The average Bonchev–Trinajstić information content (AvgIpc) is 3.12. The van der Waals surface area contributed by atoms with E-state index >= 15 is 0 Å². The van der Waals surface area contributed by atoms with Crippen molar-refractivity contribution in [2.45, 2.75) is 38.6 Å². The number of hydrogen-bond acceptors (Lipinski definition) is 5. The van der Waals surface area contributed by atoms with Crippen molar-refractivity contribution in [2.24, 2.45) is 0 Å². The normalized spacial score (nSPS) is 11.9. The van der Waals surface area contributed by atoms with Crippen LogP contribution in [-0.4, -0.2) is 46.7 Å².